The molecule has 0 amide bonds. The van der Waals surface area contributed by atoms with Crippen LogP contribution in [0, 0.1) is 19.8 Å². The van der Waals surface area contributed by atoms with Gasteiger partial charge in [0.05, 0.1) is 7.11 Å². The van der Waals surface area contributed by atoms with E-state index in [0.29, 0.717) is 5.92 Å². The zero-order valence-electron chi connectivity index (χ0n) is 12.1. The van der Waals surface area contributed by atoms with E-state index in [-0.39, 0.29) is 6.04 Å². The number of aryl methyl sites for hydroxylation is 2. The van der Waals surface area contributed by atoms with Gasteiger partial charge in [-0.1, -0.05) is 13.0 Å². The molecule has 0 aliphatic heterocycles. The van der Waals surface area contributed by atoms with E-state index >= 15 is 0 Å². The van der Waals surface area contributed by atoms with Crippen molar-refractivity contribution in [2.45, 2.75) is 33.2 Å². The van der Waals surface area contributed by atoms with Gasteiger partial charge in [-0.15, -0.1) is 0 Å². The second kappa shape index (κ2) is 6.76. The highest BCUT2D eigenvalue weighted by Crippen LogP contribution is 2.28. The molecule has 3 nitrogen and oxygen atoms in total. The third kappa shape index (κ3) is 3.72. The Bertz CT molecular complexity index is 390. The van der Waals surface area contributed by atoms with Gasteiger partial charge >= 0.3 is 0 Å². The van der Waals surface area contributed by atoms with Crippen molar-refractivity contribution in [3.8, 4) is 5.75 Å². The van der Waals surface area contributed by atoms with Crippen LogP contribution in [0.1, 0.15) is 36.1 Å². The molecule has 0 aliphatic rings. The van der Waals surface area contributed by atoms with Gasteiger partial charge in [-0.05, 0) is 48.9 Å². The molecule has 2 N–H and O–H groups in total. The number of rotatable bonds is 6. The molecule has 0 aliphatic carbocycles. The third-order valence-corrected chi connectivity index (χ3v) is 3.29. The number of methoxy groups -OCH3 is 2. The monoisotopic (exact) mass is 251 g/mol. The highest BCUT2D eigenvalue weighted by molar-refractivity contribution is 5.42. The number of ether oxygens (including phenoxy) is 2. The molecule has 2 atom stereocenters. The zero-order chi connectivity index (χ0) is 13.7. The average Bonchev–Trinajstić information content (AvgIpc) is 2.31. The standard InChI is InChI=1S/C15H25NO2/c1-10(9-17-4)6-14(16)13-7-12(3)15(18-5)8-11(13)2/h7-8,10,14H,6,9,16H2,1-5H3. The molecule has 1 aromatic carbocycles. The first-order valence-corrected chi connectivity index (χ1v) is 6.39. The van der Waals surface area contributed by atoms with Crippen LogP contribution in [0.3, 0.4) is 0 Å². The molecule has 0 saturated heterocycles. The smallest absolute Gasteiger partial charge is 0.122 e. The molecule has 0 radical (unpaired) electrons. The van der Waals surface area contributed by atoms with Crippen molar-refractivity contribution in [3.63, 3.8) is 0 Å². The predicted octanol–water partition coefficient (Wildman–Crippen LogP) is 2.98. The van der Waals surface area contributed by atoms with Crippen LogP contribution in [0.4, 0.5) is 0 Å². The van der Waals surface area contributed by atoms with Crippen molar-refractivity contribution in [2.24, 2.45) is 11.7 Å². The van der Waals surface area contributed by atoms with E-state index in [1.165, 1.54) is 11.1 Å². The highest BCUT2D eigenvalue weighted by Gasteiger charge is 2.15. The zero-order valence-corrected chi connectivity index (χ0v) is 12.1. The van der Waals surface area contributed by atoms with Gasteiger partial charge in [0.1, 0.15) is 5.75 Å². The normalized spacial score (nSPS) is 14.3. The molecule has 18 heavy (non-hydrogen) atoms. The van der Waals surface area contributed by atoms with Crippen molar-refractivity contribution >= 4 is 0 Å². The number of nitrogens with two attached hydrogens (primary N) is 1. The molecule has 102 valence electrons. The van der Waals surface area contributed by atoms with Crippen LogP contribution in [0.5, 0.6) is 5.75 Å². The Kier molecular flexibility index (Phi) is 5.63. The molecule has 0 saturated carbocycles. The fourth-order valence-electron chi connectivity index (χ4n) is 2.34. The van der Waals surface area contributed by atoms with Gasteiger partial charge in [-0.3, -0.25) is 0 Å². The van der Waals surface area contributed by atoms with Crippen LogP contribution in [-0.2, 0) is 4.74 Å². The van der Waals surface area contributed by atoms with Gasteiger partial charge in [-0.25, -0.2) is 0 Å². The van der Waals surface area contributed by atoms with Crippen LogP contribution >= 0.6 is 0 Å². The summed E-state index contributed by atoms with van der Waals surface area (Å²) in [6.07, 6.45) is 0.931. The molecular weight excluding hydrogens is 226 g/mol. The fraction of sp³-hybridized carbons (Fsp3) is 0.600. The Hall–Kier alpha value is -1.06. The van der Waals surface area contributed by atoms with Crippen molar-refractivity contribution in [2.75, 3.05) is 20.8 Å². The molecule has 0 spiro atoms. The van der Waals surface area contributed by atoms with E-state index in [1.54, 1.807) is 14.2 Å². The summed E-state index contributed by atoms with van der Waals surface area (Å²) in [6.45, 7) is 7.04. The Morgan fingerprint density at radius 1 is 1.17 bits per heavy atom. The number of hydrogen-bond acceptors (Lipinski definition) is 3. The van der Waals surface area contributed by atoms with E-state index in [1.807, 2.05) is 6.92 Å². The summed E-state index contributed by atoms with van der Waals surface area (Å²) in [6, 6.07) is 4.25. The lowest BCUT2D eigenvalue weighted by Crippen LogP contribution is -2.17. The highest BCUT2D eigenvalue weighted by atomic mass is 16.5. The Labute approximate surface area is 110 Å². The first-order valence-electron chi connectivity index (χ1n) is 6.39. The molecule has 0 fully saturated rings. The topological polar surface area (TPSA) is 44.5 Å². The largest absolute Gasteiger partial charge is 0.496 e. The van der Waals surface area contributed by atoms with Crippen LogP contribution in [-0.4, -0.2) is 20.8 Å². The molecule has 1 aromatic rings. The summed E-state index contributed by atoms with van der Waals surface area (Å²) in [4.78, 5) is 0. The molecule has 1 rings (SSSR count). The summed E-state index contributed by atoms with van der Waals surface area (Å²) in [7, 11) is 3.42. The molecule has 2 unspecified atom stereocenters. The molecule has 0 heterocycles. The Morgan fingerprint density at radius 3 is 2.39 bits per heavy atom. The first kappa shape index (κ1) is 15.0. The fourth-order valence-corrected chi connectivity index (χ4v) is 2.34. The SMILES string of the molecule is COCC(C)CC(N)c1cc(C)c(OC)cc1C. The lowest BCUT2D eigenvalue weighted by atomic mass is 9.92. The lowest BCUT2D eigenvalue weighted by Gasteiger charge is -2.20. The van der Waals surface area contributed by atoms with E-state index in [0.717, 1.165) is 24.3 Å². The second-order valence-corrected chi connectivity index (χ2v) is 5.08. The summed E-state index contributed by atoms with van der Waals surface area (Å²) in [5, 5.41) is 0. The molecule has 3 heteroatoms. The average molecular weight is 251 g/mol. The van der Waals surface area contributed by atoms with Crippen LogP contribution < -0.4 is 10.5 Å². The van der Waals surface area contributed by atoms with Gasteiger partial charge < -0.3 is 15.2 Å². The van der Waals surface area contributed by atoms with Gasteiger partial charge in [0, 0.05) is 19.8 Å². The molecular formula is C15H25NO2. The minimum Gasteiger partial charge on any atom is -0.496 e. The molecule has 0 bridgehead atoms. The molecule has 0 aromatic heterocycles. The van der Waals surface area contributed by atoms with Gasteiger partial charge in [-0.2, -0.15) is 0 Å². The van der Waals surface area contributed by atoms with Crippen molar-refractivity contribution in [3.05, 3.63) is 28.8 Å². The number of hydrogen-bond donors (Lipinski definition) is 1. The van der Waals surface area contributed by atoms with E-state index in [2.05, 4.69) is 26.0 Å². The Morgan fingerprint density at radius 2 is 1.83 bits per heavy atom. The summed E-state index contributed by atoms with van der Waals surface area (Å²) < 4.78 is 10.5. The van der Waals surface area contributed by atoms with E-state index in [9.17, 15) is 0 Å². The van der Waals surface area contributed by atoms with Gasteiger partial charge in [0.15, 0.2) is 0 Å². The van der Waals surface area contributed by atoms with Crippen molar-refractivity contribution < 1.29 is 9.47 Å². The maximum Gasteiger partial charge on any atom is 0.122 e. The summed E-state index contributed by atoms with van der Waals surface area (Å²) in [5.41, 5.74) is 9.82. The predicted molar refractivity (Wildman–Crippen MR) is 75.1 cm³/mol. The Balaban J connectivity index is 2.85. The van der Waals surface area contributed by atoms with Gasteiger partial charge in [0.25, 0.3) is 0 Å². The summed E-state index contributed by atoms with van der Waals surface area (Å²) in [5.74, 6) is 1.39. The number of benzene rings is 1. The van der Waals surface area contributed by atoms with Crippen LogP contribution in [0.25, 0.3) is 0 Å². The maximum atomic E-state index is 6.29. The first-order chi connectivity index (χ1) is 8.49. The van der Waals surface area contributed by atoms with Crippen LogP contribution in [0.15, 0.2) is 12.1 Å². The van der Waals surface area contributed by atoms with E-state index < -0.39 is 0 Å². The third-order valence-electron chi connectivity index (χ3n) is 3.29. The minimum absolute atomic E-state index is 0.0553. The van der Waals surface area contributed by atoms with Crippen molar-refractivity contribution in [1.29, 1.82) is 0 Å². The maximum absolute atomic E-state index is 6.29. The lowest BCUT2D eigenvalue weighted by molar-refractivity contribution is 0.152. The van der Waals surface area contributed by atoms with Crippen molar-refractivity contribution in [1.82, 2.24) is 0 Å². The van der Waals surface area contributed by atoms with Crippen LogP contribution in [0.2, 0.25) is 0 Å². The van der Waals surface area contributed by atoms with E-state index in [4.69, 9.17) is 15.2 Å². The van der Waals surface area contributed by atoms with Gasteiger partial charge in [0.2, 0.25) is 0 Å². The minimum atomic E-state index is 0.0553. The quantitative estimate of drug-likeness (QED) is 0.845. The second-order valence-electron chi connectivity index (χ2n) is 5.08. The summed E-state index contributed by atoms with van der Waals surface area (Å²) >= 11 is 0.